The van der Waals surface area contributed by atoms with Gasteiger partial charge in [-0.15, -0.1) is 0 Å². The van der Waals surface area contributed by atoms with Crippen LogP contribution in [0, 0.1) is 5.92 Å². The second kappa shape index (κ2) is 10.6. The molecular formula is C29H24ClN3O3S. The Morgan fingerprint density at radius 1 is 1.03 bits per heavy atom. The van der Waals surface area contributed by atoms with Crippen LogP contribution < -0.4 is 15.4 Å². The molecule has 5 rings (SSSR count). The summed E-state index contributed by atoms with van der Waals surface area (Å²) in [6.07, 6.45) is 0. The summed E-state index contributed by atoms with van der Waals surface area (Å²) in [6.45, 7) is 4.78. The Bertz CT molecular complexity index is 1610. The van der Waals surface area contributed by atoms with Crippen molar-refractivity contribution in [2.24, 2.45) is 5.92 Å². The van der Waals surface area contributed by atoms with Gasteiger partial charge < -0.3 is 14.5 Å². The fraction of sp³-hybridized carbons (Fsp3) is 0.138. The van der Waals surface area contributed by atoms with Crippen LogP contribution in [0.2, 0.25) is 5.02 Å². The second-order valence-corrected chi connectivity index (χ2v) is 9.79. The number of nitrogens with zero attached hydrogens (tertiary/aromatic N) is 1. The minimum absolute atomic E-state index is 0.178. The Labute approximate surface area is 224 Å². The lowest BCUT2D eigenvalue weighted by Gasteiger charge is -2.11. The molecule has 0 unspecified atom stereocenters. The Morgan fingerprint density at radius 2 is 1.78 bits per heavy atom. The van der Waals surface area contributed by atoms with Crippen LogP contribution in [0.3, 0.4) is 0 Å². The number of anilines is 1. The Balaban J connectivity index is 1.28. The molecule has 8 heteroatoms. The summed E-state index contributed by atoms with van der Waals surface area (Å²) < 4.78 is 11.7. The maximum absolute atomic E-state index is 12.6. The third-order valence-electron chi connectivity index (χ3n) is 5.67. The lowest BCUT2D eigenvalue weighted by Crippen LogP contribution is -2.34. The summed E-state index contributed by atoms with van der Waals surface area (Å²) in [5.41, 5.74) is 3.30. The first-order valence-electron chi connectivity index (χ1n) is 11.8. The van der Waals surface area contributed by atoms with E-state index in [9.17, 15) is 4.79 Å². The van der Waals surface area contributed by atoms with Crippen LogP contribution in [-0.2, 0) is 0 Å². The SMILES string of the molecule is CC(C)COc1ccc(C(=O)NC(=S)Nc2ccc3oc(-c4cccc5c(Cl)cccc45)nc3c2)cc1. The predicted octanol–water partition coefficient (Wildman–Crippen LogP) is 7.46. The van der Waals surface area contributed by atoms with Crippen LogP contribution in [0.4, 0.5) is 5.69 Å². The maximum Gasteiger partial charge on any atom is 0.257 e. The highest BCUT2D eigenvalue weighted by atomic mass is 35.5. The van der Waals surface area contributed by atoms with Crippen LogP contribution in [0.15, 0.2) is 83.3 Å². The molecule has 0 atom stereocenters. The van der Waals surface area contributed by atoms with Gasteiger partial charge >= 0.3 is 0 Å². The summed E-state index contributed by atoms with van der Waals surface area (Å²) in [4.78, 5) is 17.3. The Kier molecular flexibility index (Phi) is 7.08. The number of halogens is 1. The molecule has 0 saturated heterocycles. The van der Waals surface area contributed by atoms with Gasteiger partial charge in [0, 0.05) is 27.2 Å². The van der Waals surface area contributed by atoms with E-state index < -0.39 is 0 Å². The number of nitrogens with one attached hydrogen (secondary N) is 2. The number of amides is 1. The summed E-state index contributed by atoms with van der Waals surface area (Å²) in [6, 6.07) is 24.0. The van der Waals surface area contributed by atoms with Crippen molar-refractivity contribution in [1.29, 1.82) is 0 Å². The molecule has 0 saturated carbocycles. The maximum atomic E-state index is 12.6. The number of fused-ring (bicyclic) bond motifs is 2. The van der Waals surface area contributed by atoms with Gasteiger partial charge in [-0.25, -0.2) is 4.98 Å². The van der Waals surface area contributed by atoms with E-state index in [0.717, 1.165) is 22.1 Å². The molecule has 2 N–H and O–H groups in total. The zero-order valence-corrected chi connectivity index (χ0v) is 21.8. The van der Waals surface area contributed by atoms with Crippen molar-refractivity contribution in [2.75, 3.05) is 11.9 Å². The van der Waals surface area contributed by atoms with E-state index in [1.807, 2.05) is 54.6 Å². The van der Waals surface area contributed by atoms with Gasteiger partial charge in [0.25, 0.3) is 5.91 Å². The summed E-state index contributed by atoms with van der Waals surface area (Å²) in [5, 5.41) is 8.49. The highest BCUT2D eigenvalue weighted by molar-refractivity contribution is 7.80. The molecule has 6 nitrogen and oxygen atoms in total. The van der Waals surface area contributed by atoms with E-state index in [4.69, 9.17) is 33.0 Å². The van der Waals surface area contributed by atoms with Gasteiger partial charge in [0.05, 0.1) is 6.61 Å². The van der Waals surface area contributed by atoms with E-state index in [-0.39, 0.29) is 11.0 Å². The van der Waals surface area contributed by atoms with Crippen molar-refractivity contribution >= 4 is 62.4 Å². The average Bonchev–Trinajstić information content (AvgIpc) is 3.31. The normalized spacial score (nSPS) is 11.1. The molecule has 0 aliphatic carbocycles. The van der Waals surface area contributed by atoms with Crippen molar-refractivity contribution in [1.82, 2.24) is 10.3 Å². The third kappa shape index (κ3) is 5.58. The molecule has 0 aliphatic heterocycles. The number of aromatic nitrogens is 1. The Morgan fingerprint density at radius 3 is 2.57 bits per heavy atom. The van der Waals surface area contributed by atoms with Crippen molar-refractivity contribution < 1.29 is 13.9 Å². The lowest BCUT2D eigenvalue weighted by atomic mass is 10.0. The second-order valence-electron chi connectivity index (χ2n) is 8.98. The van der Waals surface area contributed by atoms with Gasteiger partial charge in [0.1, 0.15) is 11.3 Å². The molecule has 1 amide bonds. The standard InChI is InChI=1S/C29H24ClN3O3S/c1-17(2)16-35-20-12-9-18(10-13-20)27(34)33-29(37)31-19-11-14-26-25(15-19)32-28(36-26)23-7-3-6-22-21(23)5-4-8-24(22)30/h3-15,17H,16H2,1-2H3,(H2,31,33,34,37). The first-order chi connectivity index (χ1) is 17.9. The van der Waals surface area contributed by atoms with Crippen molar-refractivity contribution in [3.05, 3.63) is 89.4 Å². The van der Waals surface area contributed by atoms with E-state index >= 15 is 0 Å². The number of oxazole rings is 1. The van der Waals surface area contributed by atoms with Crippen molar-refractivity contribution in [3.8, 4) is 17.2 Å². The van der Waals surface area contributed by atoms with Crippen LogP contribution >= 0.6 is 23.8 Å². The highest BCUT2D eigenvalue weighted by Crippen LogP contribution is 2.34. The molecule has 0 fully saturated rings. The van der Waals surface area contributed by atoms with E-state index in [0.29, 0.717) is 45.8 Å². The van der Waals surface area contributed by atoms with Gasteiger partial charge in [-0.3, -0.25) is 10.1 Å². The molecule has 5 aromatic rings. The van der Waals surface area contributed by atoms with Gasteiger partial charge in [-0.1, -0.05) is 49.7 Å². The lowest BCUT2D eigenvalue weighted by molar-refractivity contribution is 0.0977. The number of benzene rings is 4. The topological polar surface area (TPSA) is 76.4 Å². The Hall–Kier alpha value is -3.94. The molecule has 0 radical (unpaired) electrons. The molecule has 37 heavy (non-hydrogen) atoms. The largest absolute Gasteiger partial charge is 0.493 e. The van der Waals surface area contributed by atoms with E-state index in [2.05, 4.69) is 29.5 Å². The number of thiocarbonyl (C=S) groups is 1. The zero-order chi connectivity index (χ0) is 25.9. The fourth-order valence-electron chi connectivity index (χ4n) is 3.88. The van der Waals surface area contributed by atoms with Crippen molar-refractivity contribution in [3.63, 3.8) is 0 Å². The number of hydrogen-bond donors (Lipinski definition) is 2. The predicted molar refractivity (Wildman–Crippen MR) is 152 cm³/mol. The summed E-state index contributed by atoms with van der Waals surface area (Å²) in [7, 11) is 0. The quantitative estimate of drug-likeness (QED) is 0.222. The number of rotatable bonds is 6. The zero-order valence-electron chi connectivity index (χ0n) is 20.2. The minimum atomic E-state index is -0.313. The molecule has 0 spiro atoms. The smallest absolute Gasteiger partial charge is 0.257 e. The molecule has 4 aromatic carbocycles. The van der Waals surface area contributed by atoms with Crippen LogP contribution in [0.5, 0.6) is 5.75 Å². The molecule has 0 aliphatic rings. The van der Waals surface area contributed by atoms with Crippen LogP contribution in [-0.4, -0.2) is 22.6 Å². The summed E-state index contributed by atoms with van der Waals surface area (Å²) >= 11 is 11.7. The monoisotopic (exact) mass is 529 g/mol. The first kappa shape index (κ1) is 24.7. The average molecular weight is 530 g/mol. The van der Waals surface area contributed by atoms with Crippen LogP contribution in [0.25, 0.3) is 33.3 Å². The highest BCUT2D eigenvalue weighted by Gasteiger charge is 2.14. The molecular weight excluding hydrogens is 506 g/mol. The van der Waals surface area contributed by atoms with E-state index in [1.165, 1.54) is 0 Å². The van der Waals surface area contributed by atoms with Gasteiger partial charge in [0.2, 0.25) is 5.89 Å². The first-order valence-corrected chi connectivity index (χ1v) is 12.6. The number of carbonyl (C=O) groups excluding carboxylic acids is 1. The molecule has 1 heterocycles. The third-order valence-corrected chi connectivity index (χ3v) is 6.21. The number of carbonyl (C=O) groups is 1. The van der Waals surface area contributed by atoms with Gasteiger partial charge in [-0.05, 0) is 78.1 Å². The summed E-state index contributed by atoms with van der Waals surface area (Å²) in [5.74, 6) is 1.33. The fourth-order valence-corrected chi connectivity index (χ4v) is 4.33. The van der Waals surface area contributed by atoms with E-state index in [1.54, 1.807) is 24.3 Å². The van der Waals surface area contributed by atoms with Gasteiger partial charge in [0.15, 0.2) is 10.7 Å². The van der Waals surface area contributed by atoms with Crippen molar-refractivity contribution in [2.45, 2.75) is 13.8 Å². The molecule has 0 bridgehead atoms. The number of hydrogen-bond acceptors (Lipinski definition) is 5. The molecule has 1 aromatic heterocycles. The minimum Gasteiger partial charge on any atom is -0.493 e. The van der Waals surface area contributed by atoms with Gasteiger partial charge in [-0.2, -0.15) is 0 Å². The number of ether oxygens (including phenoxy) is 1. The van der Waals surface area contributed by atoms with Crippen LogP contribution in [0.1, 0.15) is 24.2 Å². The molecule has 186 valence electrons.